The lowest BCUT2D eigenvalue weighted by molar-refractivity contribution is -0.118. The number of carbonyl (C=O) groups excluding carboxylic acids is 1. The zero-order chi connectivity index (χ0) is 21.1. The molecule has 4 rings (SSSR count). The third-order valence-electron chi connectivity index (χ3n) is 4.39. The number of amides is 1. The van der Waals surface area contributed by atoms with Gasteiger partial charge in [0.2, 0.25) is 0 Å². The molecule has 0 saturated carbocycles. The van der Waals surface area contributed by atoms with Crippen LogP contribution < -0.4 is 10.1 Å². The van der Waals surface area contributed by atoms with Crippen molar-refractivity contribution in [3.05, 3.63) is 87.5 Å². The fourth-order valence-electron chi connectivity index (χ4n) is 2.96. The van der Waals surface area contributed by atoms with Gasteiger partial charge in [-0.25, -0.2) is 0 Å². The monoisotopic (exact) mass is 459 g/mol. The average molecular weight is 461 g/mol. The summed E-state index contributed by atoms with van der Waals surface area (Å²) in [4.78, 5) is 12.3. The summed E-state index contributed by atoms with van der Waals surface area (Å²) in [5.41, 5.74) is 0.904. The molecular weight excluding hydrogens is 445 g/mol. The summed E-state index contributed by atoms with van der Waals surface area (Å²) in [6.45, 7) is 0.272. The van der Waals surface area contributed by atoms with Gasteiger partial charge >= 0.3 is 0 Å². The van der Waals surface area contributed by atoms with Gasteiger partial charge in [0.25, 0.3) is 5.91 Å². The van der Waals surface area contributed by atoms with Crippen LogP contribution >= 0.6 is 34.8 Å². The summed E-state index contributed by atoms with van der Waals surface area (Å²) in [7, 11) is 0. The molecule has 0 atom stereocenters. The molecule has 3 aromatic carbocycles. The number of fused-ring (bicyclic) bond motifs is 1. The van der Waals surface area contributed by atoms with Crippen LogP contribution in [-0.4, -0.2) is 22.3 Å². The summed E-state index contributed by atoms with van der Waals surface area (Å²) >= 11 is 18.2. The van der Waals surface area contributed by atoms with Crippen molar-refractivity contribution in [2.45, 2.75) is 6.54 Å². The molecule has 0 aliphatic heterocycles. The number of nitrogens with one attached hydrogen (secondary N) is 1. The van der Waals surface area contributed by atoms with Crippen molar-refractivity contribution >= 4 is 57.3 Å². The predicted molar refractivity (Wildman–Crippen MR) is 121 cm³/mol. The second kappa shape index (κ2) is 8.96. The van der Waals surface area contributed by atoms with Crippen LogP contribution in [0.25, 0.3) is 10.8 Å². The Bertz CT molecular complexity index is 1220. The molecule has 5 nitrogen and oxygen atoms in total. The Morgan fingerprint density at radius 3 is 2.53 bits per heavy atom. The van der Waals surface area contributed by atoms with Crippen molar-refractivity contribution in [2.24, 2.45) is 0 Å². The highest BCUT2D eigenvalue weighted by Gasteiger charge is 2.12. The average Bonchev–Trinajstić information content (AvgIpc) is 3.07. The lowest BCUT2D eigenvalue weighted by Crippen LogP contribution is -2.20. The maximum absolute atomic E-state index is 12.3. The number of ether oxygens (including phenoxy) is 1. The van der Waals surface area contributed by atoms with E-state index < -0.39 is 0 Å². The van der Waals surface area contributed by atoms with Crippen molar-refractivity contribution in [3.63, 3.8) is 0 Å². The van der Waals surface area contributed by atoms with E-state index in [0.29, 0.717) is 27.4 Å². The first-order valence-electron chi connectivity index (χ1n) is 9.06. The zero-order valence-corrected chi connectivity index (χ0v) is 17.9. The smallest absolute Gasteiger partial charge is 0.263 e. The third kappa shape index (κ3) is 4.87. The van der Waals surface area contributed by atoms with Gasteiger partial charge in [0.05, 0.1) is 16.6 Å². The minimum Gasteiger partial charge on any atom is -0.484 e. The number of anilines is 1. The van der Waals surface area contributed by atoms with Crippen molar-refractivity contribution in [1.29, 1.82) is 0 Å². The molecule has 0 bridgehead atoms. The molecule has 1 heterocycles. The fraction of sp³-hybridized carbons (Fsp3) is 0.0909. The number of hydrogen-bond donors (Lipinski definition) is 1. The first kappa shape index (κ1) is 20.5. The van der Waals surface area contributed by atoms with Crippen LogP contribution in [0, 0.1) is 0 Å². The Hall–Kier alpha value is -2.73. The Kier molecular flexibility index (Phi) is 6.13. The van der Waals surface area contributed by atoms with E-state index in [9.17, 15) is 4.79 Å². The molecule has 8 heteroatoms. The molecule has 0 fully saturated rings. The molecule has 1 N–H and O–H groups in total. The second-order valence-electron chi connectivity index (χ2n) is 6.62. The first-order valence-corrected chi connectivity index (χ1v) is 10.2. The normalized spacial score (nSPS) is 10.9. The summed E-state index contributed by atoms with van der Waals surface area (Å²) in [5, 5.41) is 10.4. The molecule has 4 aromatic rings. The van der Waals surface area contributed by atoms with E-state index in [1.54, 1.807) is 23.0 Å². The number of benzene rings is 3. The van der Waals surface area contributed by atoms with Crippen LogP contribution in [0.1, 0.15) is 5.56 Å². The van der Waals surface area contributed by atoms with E-state index in [-0.39, 0.29) is 18.3 Å². The lowest BCUT2D eigenvalue weighted by atomic mass is 10.1. The Morgan fingerprint density at radius 2 is 1.73 bits per heavy atom. The molecule has 0 radical (unpaired) electrons. The summed E-state index contributed by atoms with van der Waals surface area (Å²) < 4.78 is 7.21. The van der Waals surface area contributed by atoms with Crippen LogP contribution in [-0.2, 0) is 11.3 Å². The van der Waals surface area contributed by atoms with E-state index in [1.807, 2.05) is 48.5 Å². The molecule has 0 aliphatic carbocycles. The van der Waals surface area contributed by atoms with Crippen LogP contribution in [0.2, 0.25) is 15.1 Å². The molecule has 1 aromatic heterocycles. The largest absolute Gasteiger partial charge is 0.484 e. The number of aromatic nitrogens is 2. The molecule has 0 unspecified atom stereocenters. The van der Waals surface area contributed by atoms with Gasteiger partial charge in [0.15, 0.2) is 12.4 Å². The number of halogens is 3. The number of nitrogens with zero attached hydrogens (tertiary/aromatic N) is 2. The summed E-state index contributed by atoms with van der Waals surface area (Å²) in [5.74, 6) is 0.522. The topological polar surface area (TPSA) is 56.1 Å². The number of carbonyl (C=O) groups is 1. The van der Waals surface area contributed by atoms with Gasteiger partial charge in [-0.05, 0) is 40.6 Å². The first-order chi connectivity index (χ1) is 14.5. The van der Waals surface area contributed by atoms with E-state index in [1.165, 1.54) is 0 Å². The van der Waals surface area contributed by atoms with Gasteiger partial charge < -0.3 is 10.1 Å². The molecule has 0 aliphatic rings. The number of hydrogen-bond acceptors (Lipinski definition) is 3. The van der Waals surface area contributed by atoms with E-state index in [4.69, 9.17) is 39.5 Å². The molecule has 152 valence electrons. The second-order valence-corrected chi connectivity index (χ2v) is 7.84. The molecule has 0 saturated heterocycles. The van der Waals surface area contributed by atoms with Gasteiger partial charge in [-0.1, -0.05) is 71.2 Å². The number of rotatable bonds is 6. The van der Waals surface area contributed by atoms with Crippen LogP contribution in [0.15, 0.2) is 66.9 Å². The van der Waals surface area contributed by atoms with Gasteiger partial charge in [-0.2, -0.15) is 5.10 Å². The highest BCUT2D eigenvalue weighted by Crippen LogP contribution is 2.25. The highest BCUT2D eigenvalue weighted by molar-refractivity contribution is 6.42. The lowest BCUT2D eigenvalue weighted by Gasteiger charge is -2.07. The third-order valence-corrected chi connectivity index (χ3v) is 5.41. The Balaban J connectivity index is 1.37. The summed E-state index contributed by atoms with van der Waals surface area (Å²) in [6, 6.07) is 18.9. The van der Waals surface area contributed by atoms with Crippen molar-refractivity contribution in [1.82, 2.24) is 9.78 Å². The fourth-order valence-corrected chi connectivity index (χ4v) is 3.48. The van der Waals surface area contributed by atoms with Crippen molar-refractivity contribution in [3.8, 4) is 5.75 Å². The summed E-state index contributed by atoms with van der Waals surface area (Å²) in [6.07, 6.45) is 1.63. The van der Waals surface area contributed by atoms with Crippen molar-refractivity contribution < 1.29 is 9.53 Å². The Morgan fingerprint density at radius 1 is 0.933 bits per heavy atom. The predicted octanol–water partition coefficient (Wildman–Crippen LogP) is 6.06. The van der Waals surface area contributed by atoms with Gasteiger partial charge in [0.1, 0.15) is 10.8 Å². The molecule has 1 amide bonds. The van der Waals surface area contributed by atoms with E-state index in [2.05, 4.69) is 10.4 Å². The van der Waals surface area contributed by atoms with E-state index >= 15 is 0 Å². The minimum absolute atomic E-state index is 0.158. The maximum atomic E-state index is 12.3. The van der Waals surface area contributed by atoms with Gasteiger partial charge in [-0.3, -0.25) is 9.48 Å². The Labute approximate surface area is 188 Å². The van der Waals surface area contributed by atoms with Gasteiger partial charge in [-0.15, -0.1) is 0 Å². The minimum atomic E-state index is -0.357. The SMILES string of the molecule is O=C(COc1ccc2ccccc2c1)Nc1nn(Cc2ccc(Cl)c(Cl)c2)cc1Cl. The standard InChI is InChI=1S/C22H16Cl3N3O2/c23-18-8-5-14(9-19(18)24)11-28-12-20(25)22(27-28)26-21(29)13-30-17-7-6-15-3-1-2-4-16(15)10-17/h1-10,12H,11,13H2,(H,26,27,29). The van der Waals surface area contributed by atoms with Crippen LogP contribution in [0.3, 0.4) is 0 Å². The molecule has 30 heavy (non-hydrogen) atoms. The van der Waals surface area contributed by atoms with Gasteiger partial charge in [0, 0.05) is 6.20 Å². The van der Waals surface area contributed by atoms with Crippen molar-refractivity contribution in [2.75, 3.05) is 11.9 Å². The van der Waals surface area contributed by atoms with E-state index in [0.717, 1.165) is 16.3 Å². The van der Waals surface area contributed by atoms with Crippen LogP contribution in [0.5, 0.6) is 5.75 Å². The van der Waals surface area contributed by atoms with Crippen LogP contribution in [0.4, 0.5) is 5.82 Å². The zero-order valence-electron chi connectivity index (χ0n) is 15.6. The molecule has 0 spiro atoms. The maximum Gasteiger partial charge on any atom is 0.263 e. The molecular formula is C22H16Cl3N3O2. The quantitative estimate of drug-likeness (QED) is 0.380. The highest BCUT2D eigenvalue weighted by atomic mass is 35.5.